The molecule has 0 N–H and O–H groups in total. The Hall–Kier alpha value is -0.770. The minimum Gasteiger partial charge on any atom is -0.350 e. The van der Waals surface area contributed by atoms with Gasteiger partial charge >= 0.3 is 6.09 Å². The summed E-state index contributed by atoms with van der Waals surface area (Å²) in [4.78, 5) is 21.4. The lowest BCUT2D eigenvalue weighted by Gasteiger charge is -2.50. The molecule has 32 heavy (non-hydrogen) atoms. The van der Waals surface area contributed by atoms with Crippen LogP contribution in [0.25, 0.3) is 0 Å². The van der Waals surface area contributed by atoms with Crippen molar-refractivity contribution >= 4 is 6.09 Å². The first-order chi connectivity index (χ1) is 15.2. The van der Waals surface area contributed by atoms with Crippen molar-refractivity contribution in [3.8, 4) is 0 Å². The van der Waals surface area contributed by atoms with Crippen molar-refractivity contribution in [1.82, 2.24) is 9.96 Å². The summed E-state index contributed by atoms with van der Waals surface area (Å²) in [6, 6.07) is 0. The highest BCUT2D eigenvalue weighted by atomic mass is 16.7. The van der Waals surface area contributed by atoms with Crippen LogP contribution in [0.3, 0.4) is 0 Å². The molecular formula is C28H56N2O2. The molecule has 0 aromatic carbocycles. The molecule has 1 heterocycles. The molecule has 190 valence electrons. The Balaban J connectivity index is 2.54. The van der Waals surface area contributed by atoms with Gasteiger partial charge in [0.2, 0.25) is 0 Å². The average Bonchev–Trinajstić information content (AvgIpc) is 2.73. The van der Waals surface area contributed by atoms with Gasteiger partial charge in [0, 0.05) is 13.1 Å². The van der Waals surface area contributed by atoms with E-state index in [-0.39, 0.29) is 17.2 Å². The van der Waals surface area contributed by atoms with Gasteiger partial charge in [-0.05, 0) is 59.8 Å². The Labute approximate surface area is 200 Å². The van der Waals surface area contributed by atoms with E-state index in [2.05, 4.69) is 41.5 Å². The van der Waals surface area contributed by atoms with Crippen LogP contribution in [-0.4, -0.2) is 40.2 Å². The molecular weight excluding hydrogens is 396 g/mol. The molecule has 1 aliphatic heterocycles. The van der Waals surface area contributed by atoms with Gasteiger partial charge in [0.1, 0.15) is 0 Å². The molecule has 0 aromatic heterocycles. The maximum Gasteiger partial charge on any atom is 0.428 e. The highest BCUT2D eigenvalue weighted by molar-refractivity contribution is 5.67. The predicted molar refractivity (Wildman–Crippen MR) is 138 cm³/mol. The van der Waals surface area contributed by atoms with Crippen LogP contribution >= 0.6 is 0 Å². The van der Waals surface area contributed by atoms with Crippen molar-refractivity contribution < 1.29 is 9.63 Å². The van der Waals surface area contributed by atoms with Crippen LogP contribution in [0.2, 0.25) is 0 Å². The lowest BCUT2D eigenvalue weighted by molar-refractivity contribution is -0.244. The molecule has 1 amide bonds. The van der Waals surface area contributed by atoms with Crippen LogP contribution in [-0.2, 0) is 4.84 Å². The second kappa shape index (κ2) is 16.0. The maximum atomic E-state index is 13.3. The zero-order chi connectivity index (χ0) is 23.9. The van der Waals surface area contributed by atoms with Crippen LogP contribution < -0.4 is 0 Å². The zero-order valence-electron chi connectivity index (χ0n) is 22.6. The number of amides is 1. The van der Waals surface area contributed by atoms with E-state index in [0.717, 1.165) is 38.8 Å². The summed E-state index contributed by atoms with van der Waals surface area (Å²) in [6.07, 6.45) is 21.0. The van der Waals surface area contributed by atoms with E-state index >= 15 is 0 Å². The third-order valence-electron chi connectivity index (χ3n) is 7.17. The van der Waals surface area contributed by atoms with Gasteiger partial charge in [-0.3, -0.25) is 0 Å². The van der Waals surface area contributed by atoms with Crippen LogP contribution in [0.5, 0.6) is 0 Å². The van der Waals surface area contributed by atoms with Gasteiger partial charge in [0.25, 0.3) is 0 Å². The molecule has 0 aliphatic carbocycles. The molecule has 4 heteroatoms. The summed E-state index contributed by atoms with van der Waals surface area (Å²) < 4.78 is 0. The normalized spacial score (nSPS) is 17.9. The van der Waals surface area contributed by atoms with Gasteiger partial charge in [0.15, 0.2) is 0 Å². The van der Waals surface area contributed by atoms with Crippen LogP contribution in [0.15, 0.2) is 0 Å². The number of hydroxylamine groups is 2. The molecule has 4 nitrogen and oxygen atoms in total. The first kappa shape index (κ1) is 29.3. The van der Waals surface area contributed by atoms with E-state index in [4.69, 9.17) is 4.84 Å². The second-order valence-electron chi connectivity index (χ2n) is 11.4. The quantitative estimate of drug-likeness (QED) is 0.206. The molecule has 1 rings (SSSR count). The van der Waals surface area contributed by atoms with Crippen molar-refractivity contribution in [2.75, 3.05) is 13.1 Å². The highest BCUT2D eigenvalue weighted by Gasteiger charge is 2.44. The van der Waals surface area contributed by atoms with Crippen molar-refractivity contribution in [2.24, 2.45) is 0 Å². The van der Waals surface area contributed by atoms with E-state index < -0.39 is 0 Å². The molecule has 1 saturated heterocycles. The summed E-state index contributed by atoms with van der Waals surface area (Å²) in [5.74, 6) is 0. The van der Waals surface area contributed by atoms with Crippen LogP contribution in [0.4, 0.5) is 4.79 Å². The van der Waals surface area contributed by atoms with E-state index in [0.29, 0.717) is 0 Å². The molecule has 0 radical (unpaired) electrons. The molecule has 1 fully saturated rings. The Morgan fingerprint density at radius 3 is 1.47 bits per heavy atom. The first-order valence-corrected chi connectivity index (χ1v) is 14.0. The number of piperidine rings is 1. The maximum absolute atomic E-state index is 13.3. The largest absolute Gasteiger partial charge is 0.428 e. The third-order valence-corrected chi connectivity index (χ3v) is 7.17. The lowest BCUT2D eigenvalue weighted by atomic mass is 9.82. The topological polar surface area (TPSA) is 32.8 Å². The van der Waals surface area contributed by atoms with E-state index in [9.17, 15) is 4.79 Å². The fraction of sp³-hybridized carbons (Fsp3) is 0.964. The number of nitrogens with zero attached hydrogens (tertiary/aromatic N) is 2. The molecule has 0 saturated carbocycles. The Morgan fingerprint density at radius 2 is 1.06 bits per heavy atom. The average molecular weight is 453 g/mol. The molecule has 0 atom stereocenters. The van der Waals surface area contributed by atoms with Crippen molar-refractivity contribution in [3.05, 3.63) is 0 Å². The van der Waals surface area contributed by atoms with E-state index in [1.165, 1.54) is 83.5 Å². The van der Waals surface area contributed by atoms with Gasteiger partial charge < -0.3 is 9.74 Å². The minimum atomic E-state index is -0.135. The minimum absolute atomic E-state index is 0.109. The van der Waals surface area contributed by atoms with E-state index in [1.54, 1.807) is 0 Å². The monoisotopic (exact) mass is 452 g/mol. The van der Waals surface area contributed by atoms with Crippen molar-refractivity contribution in [2.45, 2.75) is 162 Å². The van der Waals surface area contributed by atoms with Crippen molar-refractivity contribution in [3.63, 3.8) is 0 Å². The summed E-state index contributed by atoms with van der Waals surface area (Å²) in [5, 5.41) is 2.01. The molecule has 0 aromatic rings. The number of rotatable bonds is 17. The first-order valence-electron chi connectivity index (χ1n) is 14.0. The number of carbonyl (C=O) groups excluding carboxylic acids is 1. The van der Waals surface area contributed by atoms with Crippen LogP contribution in [0.1, 0.15) is 151 Å². The van der Waals surface area contributed by atoms with Crippen molar-refractivity contribution in [1.29, 1.82) is 0 Å². The Kier molecular flexibility index (Phi) is 14.6. The fourth-order valence-electron chi connectivity index (χ4n) is 5.17. The number of hydrogen-bond donors (Lipinski definition) is 0. The highest BCUT2D eigenvalue weighted by Crippen LogP contribution is 2.38. The summed E-state index contributed by atoms with van der Waals surface area (Å²) in [5.41, 5.74) is -0.219. The summed E-state index contributed by atoms with van der Waals surface area (Å²) in [6.45, 7) is 15.0. The Morgan fingerprint density at radius 1 is 0.688 bits per heavy atom. The smallest absolute Gasteiger partial charge is 0.350 e. The summed E-state index contributed by atoms with van der Waals surface area (Å²) in [7, 11) is 0. The van der Waals surface area contributed by atoms with Gasteiger partial charge in [0.05, 0.1) is 11.1 Å². The number of hydrogen-bond acceptors (Lipinski definition) is 3. The van der Waals surface area contributed by atoms with Gasteiger partial charge in [-0.15, -0.1) is 5.06 Å². The zero-order valence-corrected chi connectivity index (χ0v) is 22.6. The second-order valence-corrected chi connectivity index (χ2v) is 11.4. The fourth-order valence-corrected chi connectivity index (χ4v) is 5.17. The van der Waals surface area contributed by atoms with E-state index in [1.807, 2.05) is 9.96 Å². The standard InChI is InChI=1S/C28H56N2O2/c1-7-9-11-13-15-16-18-20-25-29(24-19-17-14-12-10-8-2)26(31)32-30-27(3,4)22-21-23-28(30,5)6/h7-25H2,1-6H3. The number of carbonyl (C=O) groups is 1. The Bertz CT molecular complexity index is 474. The van der Waals surface area contributed by atoms with Crippen LogP contribution in [0, 0.1) is 0 Å². The summed E-state index contributed by atoms with van der Waals surface area (Å²) >= 11 is 0. The number of unbranched alkanes of at least 4 members (excludes halogenated alkanes) is 12. The molecule has 1 aliphatic rings. The van der Waals surface area contributed by atoms with Gasteiger partial charge in [-0.1, -0.05) is 90.9 Å². The third kappa shape index (κ3) is 11.4. The molecule has 0 unspecified atom stereocenters. The lowest BCUT2D eigenvalue weighted by Crippen LogP contribution is -2.59. The molecule has 0 spiro atoms. The predicted octanol–water partition coefficient (Wildman–Crippen LogP) is 8.88. The molecule has 0 bridgehead atoms. The van der Waals surface area contributed by atoms with Gasteiger partial charge in [-0.25, -0.2) is 4.79 Å². The van der Waals surface area contributed by atoms with Gasteiger partial charge in [-0.2, -0.15) is 0 Å². The SMILES string of the molecule is CCCCCCCCCCN(CCCCCCCC)C(=O)ON1C(C)(C)CCCC1(C)C.